The molecule has 1 aromatic carbocycles. The second-order valence-electron chi connectivity index (χ2n) is 5.69. The molecule has 2 atom stereocenters. The highest BCUT2D eigenvalue weighted by Crippen LogP contribution is 2.34. The van der Waals surface area contributed by atoms with Gasteiger partial charge in [-0.3, -0.25) is 14.9 Å². The van der Waals surface area contributed by atoms with Crippen molar-refractivity contribution in [2.75, 3.05) is 11.4 Å². The first-order valence-electron chi connectivity index (χ1n) is 6.96. The van der Waals surface area contributed by atoms with Gasteiger partial charge in [-0.2, -0.15) is 0 Å². The number of nitro benzene ring substituents is 1. The average molecular weight is 276 g/mol. The summed E-state index contributed by atoms with van der Waals surface area (Å²) in [5.41, 5.74) is 1.04. The number of carbonyl (C=O) groups is 1. The SMILES string of the molecule is CC(=O)c1ccc(N2CCC(C)CC2C)c([N+](=O)[O-])c1. The van der Waals surface area contributed by atoms with Gasteiger partial charge in [-0.1, -0.05) is 6.92 Å². The van der Waals surface area contributed by atoms with Gasteiger partial charge < -0.3 is 4.90 Å². The van der Waals surface area contributed by atoms with Gasteiger partial charge in [0.15, 0.2) is 5.78 Å². The first kappa shape index (κ1) is 14.5. The van der Waals surface area contributed by atoms with Crippen LogP contribution in [0.5, 0.6) is 0 Å². The number of carbonyl (C=O) groups excluding carboxylic acids is 1. The summed E-state index contributed by atoms with van der Waals surface area (Å²) in [5.74, 6) is 0.497. The van der Waals surface area contributed by atoms with Gasteiger partial charge in [0.1, 0.15) is 5.69 Å². The summed E-state index contributed by atoms with van der Waals surface area (Å²) in [7, 11) is 0. The third kappa shape index (κ3) is 2.81. The topological polar surface area (TPSA) is 63.5 Å². The highest BCUT2D eigenvalue weighted by Gasteiger charge is 2.28. The Labute approximate surface area is 118 Å². The van der Waals surface area contributed by atoms with Crippen LogP contribution in [-0.2, 0) is 0 Å². The fraction of sp³-hybridized carbons (Fsp3) is 0.533. The third-order valence-electron chi connectivity index (χ3n) is 4.03. The van der Waals surface area contributed by atoms with Crippen molar-refractivity contribution in [2.24, 2.45) is 5.92 Å². The van der Waals surface area contributed by atoms with Gasteiger partial charge in [0.05, 0.1) is 4.92 Å². The van der Waals surface area contributed by atoms with Crippen LogP contribution in [0.1, 0.15) is 44.0 Å². The minimum Gasteiger partial charge on any atom is -0.363 e. The zero-order valence-electron chi connectivity index (χ0n) is 12.1. The predicted molar refractivity (Wildman–Crippen MR) is 78.3 cm³/mol. The van der Waals surface area contributed by atoms with Crippen molar-refractivity contribution in [3.63, 3.8) is 0 Å². The fourth-order valence-electron chi connectivity index (χ4n) is 2.90. The van der Waals surface area contributed by atoms with E-state index in [-0.39, 0.29) is 17.5 Å². The number of rotatable bonds is 3. The van der Waals surface area contributed by atoms with Crippen LogP contribution in [0.25, 0.3) is 0 Å². The molecule has 0 N–H and O–H groups in total. The minimum absolute atomic E-state index is 0.0269. The number of hydrogen-bond acceptors (Lipinski definition) is 4. The number of hydrogen-bond donors (Lipinski definition) is 0. The van der Waals surface area contributed by atoms with Crippen LogP contribution in [0.2, 0.25) is 0 Å². The minimum atomic E-state index is -0.396. The molecule has 1 aliphatic rings. The van der Waals surface area contributed by atoms with Crippen molar-refractivity contribution >= 4 is 17.2 Å². The van der Waals surface area contributed by atoms with E-state index in [2.05, 4.69) is 18.7 Å². The lowest BCUT2D eigenvalue weighted by Crippen LogP contribution is -2.40. The van der Waals surface area contributed by atoms with Crippen molar-refractivity contribution in [3.05, 3.63) is 33.9 Å². The van der Waals surface area contributed by atoms with Crippen molar-refractivity contribution in [2.45, 2.75) is 39.7 Å². The molecular formula is C15H20N2O3. The molecule has 0 radical (unpaired) electrons. The van der Waals surface area contributed by atoms with Crippen LogP contribution in [0, 0.1) is 16.0 Å². The lowest BCUT2D eigenvalue weighted by Gasteiger charge is -2.37. The van der Waals surface area contributed by atoms with Crippen LogP contribution >= 0.6 is 0 Å². The number of piperidine rings is 1. The summed E-state index contributed by atoms with van der Waals surface area (Å²) < 4.78 is 0. The Morgan fingerprint density at radius 1 is 1.40 bits per heavy atom. The van der Waals surface area contributed by atoms with Gasteiger partial charge in [-0.25, -0.2) is 0 Å². The first-order valence-corrected chi connectivity index (χ1v) is 6.96. The Hall–Kier alpha value is -1.91. The van der Waals surface area contributed by atoms with Gasteiger partial charge in [0.25, 0.3) is 5.69 Å². The number of nitrogens with zero attached hydrogens (tertiary/aromatic N) is 2. The molecule has 5 nitrogen and oxygen atoms in total. The molecule has 0 spiro atoms. The highest BCUT2D eigenvalue weighted by atomic mass is 16.6. The monoisotopic (exact) mass is 276 g/mol. The van der Waals surface area contributed by atoms with E-state index in [4.69, 9.17) is 0 Å². The van der Waals surface area contributed by atoms with E-state index in [1.807, 2.05) is 0 Å². The number of ketones is 1. The smallest absolute Gasteiger partial charge is 0.293 e. The van der Waals surface area contributed by atoms with E-state index in [1.165, 1.54) is 13.0 Å². The number of nitro groups is 1. The molecule has 1 heterocycles. The average Bonchev–Trinajstić information content (AvgIpc) is 2.38. The van der Waals surface area contributed by atoms with Gasteiger partial charge in [-0.15, -0.1) is 0 Å². The fourth-order valence-corrected chi connectivity index (χ4v) is 2.90. The summed E-state index contributed by atoms with van der Waals surface area (Å²) >= 11 is 0. The lowest BCUT2D eigenvalue weighted by atomic mass is 9.92. The molecule has 0 aliphatic carbocycles. The zero-order chi connectivity index (χ0) is 14.9. The zero-order valence-corrected chi connectivity index (χ0v) is 12.1. The molecule has 5 heteroatoms. The summed E-state index contributed by atoms with van der Waals surface area (Å²) in [6.45, 7) is 6.55. The molecule has 20 heavy (non-hydrogen) atoms. The molecule has 2 rings (SSSR count). The molecule has 1 saturated heterocycles. The van der Waals surface area contributed by atoms with Gasteiger partial charge in [-0.05, 0) is 44.7 Å². The number of anilines is 1. The quantitative estimate of drug-likeness (QED) is 0.482. The van der Waals surface area contributed by atoms with Crippen LogP contribution in [0.3, 0.4) is 0 Å². The number of Topliss-reactive ketones (excluding diaryl/α,β-unsaturated/α-hetero) is 1. The van der Waals surface area contributed by atoms with Gasteiger partial charge >= 0.3 is 0 Å². The van der Waals surface area contributed by atoms with Gasteiger partial charge in [0, 0.05) is 24.2 Å². The van der Waals surface area contributed by atoms with E-state index in [0.29, 0.717) is 17.2 Å². The van der Waals surface area contributed by atoms with Crippen molar-refractivity contribution < 1.29 is 9.72 Å². The molecule has 108 valence electrons. The van der Waals surface area contributed by atoms with E-state index >= 15 is 0 Å². The van der Waals surface area contributed by atoms with Crippen molar-refractivity contribution in [1.82, 2.24) is 0 Å². The molecule has 1 fully saturated rings. The summed E-state index contributed by atoms with van der Waals surface area (Å²) in [5, 5.41) is 11.3. The summed E-state index contributed by atoms with van der Waals surface area (Å²) in [6.07, 6.45) is 2.07. The van der Waals surface area contributed by atoms with Gasteiger partial charge in [0.2, 0.25) is 0 Å². The van der Waals surface area contributed by atoms with Crippen LogP contribution in [-0.4, -0.2) is 23.3 Å². The van der Waals surface area contributed by atoms with Crippen LogP contribution in [0.4, 0.5) is 11.4 Å². The standard InChI is InChI=1S/C15H20N2O3/c1-10-6-7-16(11(2)8-10)14-5-4-13(12(3)18)9-15(14)17(19)20/h4-5,9-11H,6-8H2,1-3H3. The Balaban J connectivity index is 2.40. The molecule has 0 aromatic heterocycles. The Kier molecular flexibility index (Phi) is 4.06. The summed E-state index contributed by atoms with van der Waals surface area (Å²) in [4.78, 5) is 24.3. The van der Waals surface area contributed by atoms with Crippen molar-refractivity contribution in [3.8, 4) is 0 Å². The van der Waals surface area contributed by atoms with E-state index in [0.717, 1.165) is 19.4 Å². The normalized spacial score (nSPS) is 22.6. The van der Waals surface area contributed by atoms with E-state index in [9.17, 15) is 14.9 Å². The Bertz CT molecular complexity index is 542. The maximum absolute atomic E-state index is 11.4. The lowest BCUT2D eigenvalue weighted by molar-refractivity contribution is -0.384. The van der Waals surface area contributed by atoms with Crippen LogP contribution < -0.4 is 4.90 Å². The summed E-state index contributed by atoms with van der Waals surface area (Å²) in [6, 6.07) is 5.06. The maximum Gasteiger partial charge on any atom is 0.293 e. The number of benzene rings is 1. The van der Waals surface area contributed by atoms with E-state index in [1.54, 1.807) is 12.1 Å². The third-order valence-corrected chi connectivity index (χ3v) is 4.03. The Morgan fingerprint density at radius 2 is 2.10 bits per heavy atom. The predicted octanol–water partition coefficient (Wildman–Crippen LogP) is 3.42. The molecule has 0 saturated carbocycles. The van der Waals surface area contributed by atoms with E-state index < -0.39 is 4.92 Å². The second kappa shape index (κ2) is 5.61. The highest BCUT2D eigenvalue weighted by molar-refractivity contribution is 5.95. The molecule has 1 aromatic rings. The first-order chi connectivity index (χ1) is 9.40. The largest absolute Gasteiger partial charge is 0.363 e. The van der Waals surface area contributed by atoms with Crippen LogP contribution in [0.15, 0.2) is 18.2 Å². The maximum atomic E-state index is 11.4. The van der Waals surface area contributed by atoms with Crippen molar-refractivity contribution in [1.29, 1.82) is 0 Å². The second-order valence-corrected chi connectivity index (χ2v) is 5.69. The molecule has 0 amide bonds. The molecule has 0 bridgehead atoms. The molecular weight excluding hydrogens is 256 g/mol. The molecule has 1 aliphatic heterocycles. The molecule has 2 unspecified atom stereocenters. The Morgan fingerprint density at radius 3 is 2.65 bits per heavy atom.